The van der Waals surface area contributed by atoms with Crippen LogP contribution in [0.2, 0.25) is 0 Å². The van der Waals surface area contributed by atoms with Crippen LogP contribution in [0.3, 0.4) is 0 Å². The van der Waals surface area contributed by atoms with Crippen molar-refractivity contribution < 1.29 is 16.8 Å². The fourth-order valence-corrected chi connectivity index (χ4v) is 3.64. The molecule has 1 rings (SSSR count). The Labute approximate surface area is 114 Å². The van der Waals surface area contributed by atoms with Crippen LogP contribution >= 0.6 is 0 Å². The first-order valence-electron chi connectivity index (χ1n) is 5.86. The van der Waals surface area contributed by atoms with E-state index in [0.717, 1.165) is 6.07 Å². The summed E-state index contributed by atoms with van der Waals surface area (Å²) in [6.07, 6.45) is 1.31. The highest BCUT2D eigenvalue weighted by molar-refractivity contribution is 7.90. The Morgan fingerprint density at radius 3 is 2.11 bits per heavy atom. The molecule has 0 saturated heterocycles. The summed E-state index contributed by atoms with van der Waals surface area (Å²) in [7, 11) is -7.65. The largest absolute Gasteiger partial charge is 0.240 e. The Kier molecular flexibility index (Phi) is 5.08. The molecule has 0 bridgehead atoms. The average Bonchev–Trinajstić information content (AvgIpc) is 2.35. The molecule has 0 saturated carbocycles. The smallest absolute Gasteiger partial charge is 0.225 e. The monoisotopic (exact) mass is 306 g/mol. The highest BCUT2D eigenvalue weighted by Gasteiger charge is 2.19. The summed E-state index contributed by atoms with van der Waals surface area (Å²) in [6, 6.07) is 4.81. The van der Waals surface area contributed by atoms with Gasteiger partial charge < -0.3 is 0 Å². The second-order valence-corrected chi connectivity index (χ2v) is 7.43. The quantitative estimate of drug-likeness (QED) is 0.810. The maximum atomic E-state index is 12.1. The first kappa shape index (κ1) is 16.1. The van der Waals surface area contributed by atoms with Crippen LogP contribution in [0.5, 0.6) is 0 Å². The molecule has 0 radical (unpaired) electrons. The van der Waals surface area contributed by atoms with Gasteiger partial charge in [-0.25, -0.2) is 26.7 Å². The van der Waals surface area contributed by atoms with Crippen molar-refractivity contribution in [2.75, 3.05) is 0 Å². The third kappa shape index (κ3) is 4.27. The molecular formula is C11H18N2O4S2. The van der Waals surface area contributed by atoms with Gasteiger partial charge in [0.05, 0.1) is 9.79 Å². The van der Waals surface area contributed by atoms with E-state index < -0.39 is 20.0 Å². The summed E-state index contributed by atoms with van der Waals surface area (Å²) in [4.78, 5) is -0.328. The van der Waals surface area contributed by atoms with Gasteiger partial charge in [-0.15, -0.1) is 0 Å². The summed E-state index contributed by atoms with van der Waals surface area (Å²) in [6.45, 7) is 3.74. The van der Waals surface area contributed by atoms with Crippen molar-refractivity contribution in [2.24, 2.45) is 5.14 Å². The van der Waals surface area contributed by atoms with E-state index in [4.69, 9.17) is 5.14 Å². The van der Waals surface area contributed by atoms with Gasteiger partial charge in [-0.3, -0.25) is 0 Å². The maximum absolute atomic E-state index is 12.1. The first-order chi connectivity index (χ1) is 8.70. The van der Waals surface area contributed by atoms with Gasteiger partial charge in [0.2, 0.25) is 20.0 Å². The van der Waals surface area contributed by atoms with E-state index in [1.165, 1.54) is 18.2 Å². The molecule has 0 heterocycles. The lowest BCUT2D eigenvalue weighted by Crippen LogP contribution is -2.33. The van der Waals surface area contributed by atoms with Crippen molar-refractivity contribution in [3.05, 3.63) is 24.3 Å². The lowest BCUT2D eigenvalue weighted by Gasteiger charge is -2.15. The van der Waals surface area contributed by atoms with Crippen LogP contribution in [-0.4, -0.2) is 22.9 Å². The molecule has 0 atom stereocenters. The Bertz CT molecular complexity index is 634. The molecule has 0 aliphatic rings. The Morgan fingerprint density at radius 2 is 1.63 bits per heavy atom. The number of nitrogens with one attached hydrogen (secondary N) is 1. The van der Waals surface area contributed by atoms with Gasteiger partial charge in [-0.2, -0.15) is 0 Å². The van der Waals surface area contributed by atoms with Gasteiger partial charge in [0.25, 0.3) is 0 Å². The molecule has 3 N–H and O–H groups in total. The van der Waals surface area contributed by atoms with Crippen molar-refractivity contribution in [3.8, 4) is 0 Å². The van der Waals surface area contributed by atoms with Crippen LogP contribution in [0, 0.1) is 0 Å². The van der Waals surface area contributed by atoms with E-state index in [1.807, 2.05) is 13.8 Å². The Balaban J connectivity index is 3.16. The highest BCUT2D eigenvalue weighted by atomic mass is 32.2. The number of hydrogen-bond donors (Lipinski definition) is 2. The predicted molar refractivity (Wildman–Crippen MR) is 72.5 cm³/mol. The van der Waals surface area contributed by atoms with Crippen LogP contribution < -0.4 is 9.86 Å². The minimum Gasteiger partial charge on any atom is -0.225 e. The summed E-state index contributed by atoms with van der Waals surface area (Å²) >= 11 is 0. The fourth-order valence-electron chi connectivity index (χ4n) is 1.56. The van der Waals surface area contributed by atoms with Crippen molar-refractivity contribution in [3.63, 3.8) is 0 Å². The molecule has 19 heavy (non-hydrogen) atoms. The first-order valence-corrected chi connectivity index (χ1v) is 8.88. The topological polar surface area (TPSA) is 106 Å². The van der Waals surface area contributed by atoms with Crippen LogP contribution in [0.25, 0.3) is 0 Å². The lowest BCUT2D eigenvalue weighted by atomic mass is 10.2. The molecule has 0 spiro atoms. The number of rotatable bonds is 6. The van der Waals surface area contributed by atoms with E-state index in [2.05, 4.69) is 4.72 Å². The van der Waals surface area contributed by atoms with Crippen LogP contribution in [0.4, 0.5) is 0 Å². The number of sulfonamides is 2. The minimum atomic E-state index is -3.92. The third-order valence-electron chi connectivity index (χ3n) is 2.75. The maximum Gasteiger partial charge on any atom is 0.240 e. The molecule has 108 valence electrons. The third-order valence-corrected chi connectivity index (χ3v) is 5.18. The number of hydrogen-bond acceptors (Lipinski definition) is 4. The van der Waals surface area contributed by atoms with Crippen LogP contribution in [0.15, 0.2) is 34.1 Å². The van der Waals surface area contributed by atoms with Gasteiger partial charge >= 0.3 is 0 Å². The van der Waals surface area contributed by atoms with E-state index in [1.54, 1.807) is 0 Å². The molecule has 0 aliphatic heterocycles. The van der Waals surface area contributed by atoms with Gasteiger partial charge in [0.15, 0.2) is 0 Å². The molecule has 8 heteroatoms. The predicted octanol–water partition coefficient (Wildman–Crippen LogP) is 0.801. The molecule has 6 nitrogen and oxygen atoms in total. The highest BCUT2D eigenvalue weighted by Crippen LogP contribution is 2.15. The zero-order valence-electron chi connectivity index (χ0n) is 10.8. The van der Waals surface area contributed by atoms with Gasteiger partial charge in [0.1, 0.15) is 0 Å². The number of nitrogens with two attached hydrogens (primary N) is 1. The summed E-state index contributed by atoms with van der Waals surface area (Å²) in [5, 5.41) is 4.98. The van der Waals surface area contributed by atoms with Crippen molar-refractivity contribution in [2.45, 2.75) is 42.5 Å². The molecule has 0 aliphatic carbocycles. The molecule has 0 fully saturated rings. The van der Waals surface area contributed by atoms with Gasteiger partial charge in [0, 0.05) is 6.04 Å². The van der Waals surface area contributed by atoms with Crippen molar-refractivity contribution in [1.82, 2.24) is 4.72 Å². The molecule has 0 amide bonds. The molecule has 1 aromatic carbocycles. The van der Waals surface area contributed by atoms with Gasteiger partial charge in [-0.05, 0) is 31.0 Å². The van der Waals surface area contributed by atoms with Crippen LogP contribution in [-0.2, 0) is 20.0 Å². The van der Waals surface area contributed by atoms with E-state index in [0.29, 0.717) is 12.8 Å². The molecule has 1 aromatic rings. The standard InChI is InChI=1S/C11H18N2O4S2/c1-3-9(4-2)13-19(16,17)11-7-5-6-10(8-11)18(12,14)15/h5-9,13H,3-4H2,1-2H3,(H2,12,14,15). The number of benzene rings is 1. The second-order valence-electron chi connectivity index (χ2n) is 4.15. The van der Waals surface area contributed by atoms with Crippen LogP contribution in [0.1, 0.15) is 26.7 Å². The zero-order valence-corrected chi connectivity index (χ0v) is 12.5. The minimum absolute atomic E-state index is 0.106. The molecule has 0 aromatic heterocycles. The van der Waals surface area contributed by atoms with E-state index in [9.17, 15) is 16.8 Å². The Morgan fingerprint density at radius 1 is 1.11 bits per heavy atom. The van der Waals surface area contributed by atoms with E-state index >= 15 is 0 Å². The Hall–Kier alpha value is -0.960. The SMILES string of the molecule is CCC(CC)NS(=O)(=O)c1cccc(S(N)(=O)=O)c1. The van der Waals surface area contributed by atoms with Crippen molar-refractivity contribution in [1.29, 1.82) is 0 Å². The van der Waals surface area contributed by atoms with Crippen molar-refractivity contribution >= 4 is 20.0 Å². The van der Waals surface area contributed by atoms with E-state index in [-0.39, 0.29) is 15.8 Å². The van der Waals surface area contributed by atoms with Gasteiger partial charge in [-0.1, -0.05) is 19.9 Å². The molecule has 0 unspecified atom stereocenters. The summed E-state index contributed by atoms with van der Waals surface area (Å²) in [5.41, 5.74) is 0. The summed E-state index contributed by atoms with van der Waals surface area (Å²) < 4.78 is 49.1. The number of primary sulfonamides is 1. The normalized spacial score (nSPS) is 12.8. The molecular weight excluding hydrogens is 288 g/mol. The summed E-state index contributed by atoms with van der Waals surface area (Å²) in [5.74, 6) is 0. The average molecular weight is 306 g/mol. The fraction of sp³-hybridized carbons (Fsp3) is 0.455. The lowest BCUT2D eigenvalue weighted by molar-refractivity contribution is 0.530. The second kappa shape index (κ2) is 6.00. The zero-order chi connectivity index (χ0) is 14.7.